The molecule has 0 saturated carbocycles. The Labute approximate surface area is 117 Å². The summed E-state index contributed by atoms with van der Waals surface area (Å²) in [6, 6.07) is 3.08. The Hall–Kier alpha value is -2.80. The standard InChI is InChI=1S/C9H9N6O6/c1-5-9(15(20)21)11-12(10-5)7-3-2-6(13(16)17)4-8(7)14(18)19/h2-4,10-11,18H,1H3/q-3. The van der Waals surface area contributed by atoms with E-state index in [1.165, 1.54) is 6.92 Å². The molecule has 1 aliphatic heterocycles. The molecule has 0 amide bonds. The second-order valence-electron chi connectivity index (χ2n) is 3.99. The highest BCUT2D eigenvalue weighted by molar-refractivity contribution is 5.75. The third-order valence-corrected chi connectivity index (χ3v) is 2.65. The van der Waals surface area contributed by atoms with Gasteiger partial charge in [-0.2, -0.15) is 0 Å². The van der Waals surface area contributed by atoms with Crippen LogP contribution in [0, 0.1) is 25.7 Å². The van der Waals surface area contributed by atoms with Gasteiger partial charge in [0.25, 0.3) is 0 Å². The van der Waals surface area contributed by atoms with Gasteiger partial charge in [0, 0.05) is 5.69 Å². The zero-order valence-corrected chi connectivity index (χ0v) is 10.5. The maximum absolute atomic E-state index is 11.1. The maximum Gasteiger partial charge on any atom is 0.361 e. The maximum atomic E-state index is 11.1. The molecule has 3 N–H and O–H groups in total. The number of anilines is 3. The van der Waals surface area contributed by atoms with Crippen LogP contribution >= 0.6 is 0 Å². The Morgan fingerprint density at radius 3 is 2.43 bits per heavy atom. The van der Waals surface area contributed by atoms with Crippen LogP contribution in [0.15, 0.2) is 29.7 Å². The van der Waals surface area contributed by atoms with Crippen LogP contribution in [0.4, 0.5) is 17.1 Å². The fourth-order valence-corrected chi connectivity index (χ4v) is 1.70. The van der Waals surface area contributed by atoms with Crippen LogP contribution in [0.2, 0.25) is 0 Å². The Balaban J connectivity index is 2.36. The lowest BCUT2D eigenvalue weighted by Gasteiger charge is -2.39. The number of rotatable bonds is 4. The van der Waals surface area contributed by atoms with E-state index in [0.717, 1.165) is 23.3 Å². The molecule has 2 rings (SSSR count). The lowest BCUT2D eigenvalue weighted by molar-refractivity contribution is -0.431. The van der Waals surface area contributed by atoms with Gasteiger partial charge in [-0.1, -0.05) is 0 Å². The molecule has 12 nitrogen and oxygen atoms in total. The summed E-state index contributed by atoms with van der Waals surface area (Å²) in [5, 5.41) is 51.9. The van der Waals surface area contributed by atoms with Crippen molar-refractivity contribution in [2.75, 3.05) is 15.6 Å². The summed E-state index contributed by atoms with van der Waals surface area (Å²) in [6.07, 6.45) is 0. The number of hydrogen-bond acceptors (Lipinski definition) is 11. The van der Waals surface area contributed by atoms with Gasteiger partial charge in [-0.25, -0.2) is 0 Å². The predicted molar refractivity (Wildman–Crippen MR) is 71.7 cm³/mol. The van der Waals surface area contributed by atoms with E-state index < -0.39 is 26.8 Å². The van der Waals surface area contributed by atoms with E-state index in [9.17, 15) is 25.7 Å². The van der Waals surface area contributed by atoms with Gasteiger partial charge < -0.3 is 36.2 Å². The molecule has 0 aliphatic carbocycles. The van der Waals surface area contributed by atoms with E-state index >= 15 is 0 Å². The molecule has 1 aliphatic rings. The largest absolute Gasteiger partial charge is 0.769 e. The summed E-state index contributed by atoms with van der Waals surface area (Å²) in [7, 11) is 0. The summed E-state index contributed by atoms with van der Waals surface area (Å²) in [4.78, 5) is 10.1. The first kappa shape index (κ1) is 14.6. The van der Waals surface area contributed by atoms with Crippen molar-refractivity contribution in [3.63, 3.8) is 0 Å². The number of allylic oxidation sites excluding steroid dienone is 1. The Morgan fingerprint density at radius 1 is 1.29 bits per heavy atom. The molecule has 114 valence electrons. The van der Waals surface area contributed by atoms with Gasteiger partial charge >= 0.3 is 5.82 Å². The van der Waals surface area contributed by atoms with Gasteiger partial charge in [0.1, 0.15) is 11.4 Å². The summed E-state index contributed by atoms with van der Waals surface area (Å²) < 4.78 is 0. The molecule has 0 atom stereocenters. The van der Waals surface area contributed by atoms with E-state index in [4.69, 9.17) is 5.21 Å². The Kier molecular flexibility index (Phi) is 3.68. The predicted octanol–water partition coefficient (Wildman–Crippen LogP) is 0.477. The van der Waals surface area contributed by atoms with Crippen molar-refractivity contribution >= 4 is 17.1 Å². The first-order valence-electron chi connectivity index (χ1n) is 5.44. The molecule has 0 unspecified atom stereocenters. The van der Waals surface area contributed by atoms with Crippen molar-refractivity contribution in [2.24, 2.45) is 0 Å². The molecule has 1 aromatic rings. The number of nitro groups is 1. The van der Waals surface area contributed by atoms with Crippen LogP contribution in [-0.2, 0) is 0 Å². The normalized spacial score (nSPS) is 13.9. The molecule has 0 radical (unpaired) electrons. The van der Waals surface area contributed by atoms with Gasteiger partial charge in [-0.05, 0) is 30.0 Å². The van der Waals surface area contributed by atoms with Crippen molar-refractivity contribution in [3.05, 3.63) is 55.5 Å². The minimum Gasteiger partial charge on any atom is -0.769 e. The molecule has 0 saturated heterocycles. The second-order valence-corrected chi connectivity index (χ2v) is 3.99. The summed E-state index contributed by atoms with van der Waals surface area (Å²) in [5.74, 6) is -0.352. The first-order chi connectivity index (χ1) is 9.81. The molecular formula is C9H9N6O6-3. The van der Waals surface area contributed by atoms with Crippen LogP contribution in [0.3, 0.4) is 0 Å². The smallest absolute Gasteiger partial charge is 0.361 e. The van der Waals surface area contributed by atoms with Crippen LogP contribution in [-0.4, -0.2) is 10.1 Å². The number of benzene rings is 1. The third kappa shape index (κ3) is 2.72. The van der Waals surface area contributed by atoms with Crippen molar-refractivity contribution in [1.82, 2.24) is 10.9 Å². The van der Waals surface area contributed by atoms with Gasteiger partial charge in [0.2, 0.25) is 0 Å². The van der Waals surface area contributed by atoms with Crippen LogP contribution in [0.25, 0.3) is 0 Å². The highest BCUT2D eigenvalue weighted by Gasteiger charge is 2.29. The molecular weight excluding hydrogens is 288 g/mol. The Bertz CT molecular complexity index is 602. The van der Waals surface area contributed by atoms with Crippen molar-refractivity contribution in [3.8, 4) is 0 Å². The fraction of sp³-hybridized carbons (Fsp3) is 0.111. The van der Waals surface area contributed by atoms with E-state index in [1.807, 2.05) is 0 Å². The SMILES string of the molecule is CC1=C([N+](=O)[O-])NN(c2ccc(N([O-])[O-])cc2N([O-])O)N1. The molecule has 1 aromatic carbocycles. The fourth-order valence-electron chi connectivity index (χ4n) is 1.70. The molecule has 0 fully saturated rings. The second kappa shape index (κ2) is 5.29. The number of nitrogens with one attached hydrogen (secondary N) is 2. The lowest BCUT2D eigenvalue weighted by atomic mass is 10.2. The zero-order valence-electron chi connectivity index (χ0n) is 10.5. The highest BCUT2D eigenvalue weighted by atomic mass is 16.8. The molecule has 21 heavy (non-hydrogen) atoms. The molecule has 1 heterocycles. The van der Waals surface area contributed by atoms with Gasteiger partial charge in [0.05, 0.1) is 5.69 Å². The minimum atomic E-state index is -0.742. The van der Waals surface area contributed by atoms with E-state index in [-0.39, 0.29) is 17.2 Å². The van der Waals surface area contributed by atoms with E-state index in [1.54, 1.807) is 0 Å². The van der Waals surface area contributed by atoms with Crippen molar-refractivity contribution in [2.45, 2.75) is 6.92 Å². The average molecular weight is 297 g/mol. The van der Waals surface area contributed by atoms with Crippen molar-refractivity contribution in [1.29, 1.82) is 0 Å². The van der Waals surface area contributed by atoms with E-state index in [0.29, 0.717) is 0 Å². The van der Waals surface area contributed by atoms with Gasteiger partial charge in [-0.15, -0.1) is 10.5 Å². The van der Waals surface area contributed by atoms with Gasteiger partial charge in [-0.3, -0.25) is 10.6 Å². The quantitative estimate of drug-likeness (QED) is 0.522. The minimum absolute atomic E-state index is 0.0331. The van der Waals surface area contributed by atoms with Crippen LogP contribution in [0.1, 0.15) is 6.92 Å². The van der Waals surface area contributed by atoms with E-state index in [2.05, 4.69) is 10.9 Å². The van der Waals surface area contributed by atoms with Crippen molar-refractivity contribution < 1.29 is 10.1 Å². The molecule has 0 bridgehead atoms. The summed E-state index contributed by atoms with van der Waals surface area (Å²) in [6.45, 7) is 1.42. The Morgan fingerprint density at radius 2 is 1.95 bits per heavy atom. The topological polar surface area (TPSA) is 166 Å². The molecule has 0 aromatic heterocycles. The van der Waals surface area contributed by atoms with Crippen LogP contribution < -0.4 is 26.4 Å². The highest BCUT2D eigenvalue weighted by Crippen LogP contribution is 2.32. The van der Waals surface area contributed by atoms with Gasteiger partial charge in [0.15, 0.2) is 0 Å². The monoisotopic (exact) mass is 297 g/mol. The number of nitrogens with zero attached hydrogens (tertiary/aromatic N) is 4. The average Bonchev–Trinajstić information content (AvgIpc) is 2.80. The summed E-state index contributed by atoms with van der Waals surface area (Å²) in [5.41, 5.74) is 4.18. The summed E-state index contributed by atoms with van der Waals surface area (Å²) >= 11 is 0. The first-order valence-corrected chi connectivity index (χ1v) is 5.44. The number of hydrogen-bond donors (Lipinski definition) is 3. The third-order valence-electron chi connectivity index (χ3n) is 2.65. The molecule has 12 heteroatoms. The van der Waals surface area contributed by atoms with Crippen LogP contribution in [0.5, 0.6) is 0 Å². The number of hydrazine groups is 2. The lowest BCUT2D eigenvalue weighted by Crippen LogP contribution is -2.41. The zero-order chi connectivity index (χ0) is 15.7. The molecule has 0 spiro atoms.